The van der Waals surface area contributed by atoms with Gasteiger partial charge in [-0.1, -0.05) is 13.3 Å². The second-order valence-corrected chi connectivity index (χ2v) is 3.39. The van der Waals surface area contributed by atoms with Crippen LogP contribution < -0.4 is 0 Å². The molecule has 0 amide bonds. The van der Waals surface area contributed by atoms with E-state index in [2.05, 4.69) is 0 Å². The summed E-state index contributed by atoms with van der Waals surface area (Å²) in [6.07, 6.45) is 0.970. The van der Waals surface area contributed by atoms with Gasteiger partial charge in [0, 0.05) is 5.56 Å². The van der Waals surface area contributed by atoms with Crippen molar-refractivity contribution in [3.05, 3.63) is 23.0 Å². The fraction of sp³-hybridized carbons (Fsp3) is 0.364. The molecule has 15 heavy (non-hydrogen) atoms. The summed E-state index contributed by atoms with van der Waals surface area (Å²) < 4.78 is 13.2. The molecule has 0 aliphatic carbocycles. The molecule has 0 aliphatic heterocycles. The molecular weight excluding hydrogens is 199 g/mol. The van der Waals surface area contributed by atoms with Crippen LogP contribution in [0.3, 0.4) is 0 Å². The van der Waals surface area contributed by atoms with E-state index in [0.29, 0.717) is 12.8 Å². The van der Waals surface area contributed by atoms with Gasteiger partial charge < -0.3 is 10.2 Å². The first-order valence-electron chi connectivity index (χ1n) is 4.73. The molecule has 0 fully saturated rings. The van der Waals surface area contributed by atoms with Crippen molar-refractivity contribution in [3.8, 4) is 11.5 Å². The number of rotatable bonds is 3. The highest BCUT2D eigenvalue weighted by Crippen LogP contribution is 2.34. The van der Waals surface area contributed by atoms with Gasteiger partial charge in [0.1, 0.15) is 5.75 Å². The van der Waals surface area contributed by atoms with Crippen molar-refractivity contribution in [3.63, 3.8) is 0 Å². The van der Waals surface area contributed by atoms with Gasteiger partial charge in [-0.2, -0.15) is 0 Å². The van der Waals surface area contributed by atoms with E-state index < -0.39 is 17.3 Å². The molecule has 0 unspecified atom stereocenters. The molecule has 1 rings (SSSR count). The molecule has 0 aliphatic rings. The Bertz CT molecular complexity index is 399. The lowest BCUT2D eigenvalue weighted by Crippen LogP contribution is -1.99. The molecule has 0 bridgehead atoms. The standard InChI is InChI=1S/C11H13FO3/c1-3-4-7-10(14)8(6(2)13)5-9(12)11(7)15/h5,14-15H,3-4H2,1-2H3. The minimum absolute atomic E-state index is 0.0891. The van der Waals surface area contributed by atoms with Crippen LogP contribution in [0.15, 0.2) is 6.07 Å². The smallest absolute Gasteiger partial charge is 0.166 e. The minimum atomic E-state index is -0.874. The van der Waals surface area contributed by atoms with Crippen LogP contribution in [0.2, 0.25) is 0 Å². The first kappa shape index (κ1) is 11.5. The number of phenols is 2. The predicted octanol–water partition coefficient (Wildman–Crippen LogP) is 2.39. The van der Waals surface area contributed by atoms with Crippen LogP contribution in [0.5, 0.6) is 11.5 Å². The zero-order chi connectivity index (χ0) is 11.6. The number of benzene rings is 1. The normalized spacial score (nSPS) is 10.3. The van der Waals surface area contributed by atoms with Crippen molar-refractivity contribution in [1.29, 1.82) is 0 Å². The van der Waals surface area contributed by atoms with Crippen LogP contribution in [-0.4, -0.2) is 16.0 Å². The molecule has 0 saturated heterocycles. The molecule has 3 nitrogen and oxygen atoms in total. The number of carbonyl (C=O) groups excluding carboxylic acids is 1. The SMILES string of the molecule is CCCc1c(O)c(F)cc(C(C)=O)c1O. The van der Waals surface area contributed by atoms with E-state index in [0.717, 1.165) is 6.07 Å². The number of ketones is 1. The van der Waals surface area contributed by atoms with E-state index in [9.17, 15) is 19.4 Å². The summed E-state index contributed by atoms with van der Waals surface area (Å²) in [4.78, 5) is 11.1. The van der Waals surface area contributed by atoms with E-state index in [1.54, 1.807) is 0 Å². The third kappa shape index (κ3) is 2.09. The lowest BCUT2D eigenvalue weighted by molar-refractivity contribution is 0.101. The van der Waals surface area contributed by atoms with Gasteiger partial charge in [-0.05, 0) is 19.4 Å². The summed E-state index contributed by atoms with van der Waals surface area (Å²) in [7, 11) is 0. The molecule has 4 heteroatoms. The highest BCUT2D eigenvalue weighted by atomic mass is 19.1. The fourth-order valence-corrected chi connectivity index (χ4v) is 1.44. The third-order valence-electron chi connectivity index (χ3n) is 2.20. The van der Waals surface area contributed by atoms with Gasteiger partial charge in [0.2, 0.25) is 0 Å². The maximum Gasteiger partial charge on any atom is 0.166 e. The average molecular weight is 212 g/mol. The number of carbonyl (C=O) groups is 1. The summed E-state index contributed by atoms with van der Waals surface area (Å²) in [6, 6.07) is 0.853. The van der Waals surface area contributed by atoms with Crippen molar-refractivity contribution in [1.82, 2.24) is 0 Å². The van der Waals surface area contributed by atoms with Crippen molar-refractivity contribution in [2.75, 3.05) is 0 Å². The molecule has 1 aromatic carbocycles. The zero-order valence-electron chi connectivity index (χ0n) is 8.67. The highest BCUT2D eigenvalue weighted by Gasteiger charge is 2.18. The Morgan fingerprint density at radius 3 is 2.47 bits per heavy atom. The summed E-state index contributed by atoms with van der Waals surface area (Å²) in [5.41, 5.74) is 0.0106. The van der Waals surface area contributed by atoms with Gasteiger partial charge in [-0.3, -0.25) is 4.79 Å². The molecule has 2 N–H and O–H groups in total. The lowest BCUT2D eigenvalue weighted by atomic mass is 10.0. The Morgan fingerprint density at radius 1 is 1.40 bits per heavy atom. The van der Waals surface area contributed by atoms with Crippen molar-refractivity contribution in [2.24, 2.45) is 0 Å². The van der Waals surface area contributed by atoms with E-state index in [1.807, 2.05) is 6.92 Å². The van der Waals surface area contributed by atoms with Crippen LogP contribution in [-0.2, 0) is 6.42 Å². The summed E-state index contributed by atoms with van der Waals surface area (Å²) in [6.45, 7) is 3.07. The molecule has 0 aromatic heterocycles. The Labute approximate surface area is 87.2 Å². The van der Waals surface area contributed by atoms with Crippen LogP contribution >= 0.6 is 0 Å². The van der Waals surface area contributed by atoms with Crippen LogP contribution in [0.25, 0.3) is 0 Å². The largest absolute Gasteiger partial charge is 0.507 e. The minimum Gasteiger partial charge on any atom is -0.507 e. The number of hydrogen-bond acceptors (Lipinski definition) is 3. The maximum absolute atomic E-state index is 13.2. The molecule has 1 aromatic rings. The number of Topliss-reactive ketones (excluding diaryl/α,β-unsaturated/α-hetero) is 1. The van der Waals surface area contributed by atoms with Gasteiger partial charge in [0.15, 0.2) is 17.3 Å². The second kappa shape index (κ2) is 4.29. The van der Waals surface area contributed by atoms with Gasteiger partial charge in [-0.15, -0.1) is 0 Å². The summed E-state index contributed by atoms with van der Waals surface area (Å²) >= 11 is 0. The van der Waals surface area contributed by atoms with Crippen LogP contribution in [0.1, 0.15) is 36.2 Å². The zero-order valence-corrected chi connectivity index (χ0v) is 8.67. The van der Waals surface area contributed by atoms with E-state index in [4.69, 9.17) is 0 Å². The quantitative estimate of drug-likeness (QED) is 0.756. The fourth-order valence-electron chi connectivity index (χ4n) is 1.44. The lowest BCUT2D eigenvalue weighted by Gasteiger charge is -2.10. The number of phenolic OH excluding ortho intramolecular Hbond substituents is 2. The van der Waals surface area contributed by atoms with Crippen molar-refractivity contribution < 1.29 is 19.4 Å². The van der Waals surface area contributed by atoms with Crippen molar-refractivity contribution in [2.45, 2.75) is 26.7 Å². The average Bonchev–Trinajstić information content (AvgIpc) is 2.18. The summed E-state index contributed by atoms with van der Waals surface area (Å²) in [5, 5.41) is 19.0. The van der Waals surface area contributed by atoms with Crippen LogP contribution in [0.4, 0.5) is 4.39 Å². The van der Waals surface area contributed by atoms with Gasteiger partial charge >= 0.3 is 0 Å². The number of halogens is 1. The van der Waals surface area contributed by atoms with E-state index in [1.165, 1.54) is 6.92 Å². The van der Waals surface area contributed by atoms with E-state index >= 15 is 0 Å². The Morgan fingerprint density at radius 2 is 2.00 bits per heavy atom. The predicted molar refractivity (Wildman–Crippen MR) is 53.7 cm³/mol. The molecule has 0 atom stereocenters. The first-order valence-corrected chi connectivity index (χ1v) is 4.73. The van der Waals surface area contributed by atoms with Crippen molar-refractivity contribution >= 4 is 5.78 Å². The second-order valence-electron chi connectivity index (χ2n) is 3.39. The molecule has 82 valence electrons. The van der Waals surface area contributed by atoms with Gasteiger partial charge in [-0.25, -0.2) is 4.39 Å². The third-order valence-corrected chi connectivity index (χ3v) is 2.20. The van der Waals surface area contributed by atoms with Crippen LogP contribution in [0, 0.1) is 5.82 Å². The first-order chi connectivity index (χ1) is 6.99. The number of hydrogen-bond donors (Lipinski definition) is 2. The molecule has 0 spiro atoms. The molecule has 0 radical (unpaired) electrons. The Hall–Kier alpha value is -1.58. The van der Waals surface area contributed by atoms with Gasteiger partial charge in [0.05, 0.1) is 5.56 Å². The Kier molecular flexibility index (Phi) is 3.29. The Balaban J connectivity index is 3.41. The molecular formula is C11H13FO3. The highest BCUT2D eigenvalue weighted by molar-refractivity contribution is 5.97. The maximum atomic E-state index is 13.2. The molecule has 0 heterocycles. The molecule has 0 saturated carbocycles. The summed E-state index contributed by atoms with van der Waals surface area (Å²) in [5.74, 6) is -2.19. The monoisotopic (exact) mass is 212 g/mol. The van der Waals surface area contributed by atoms with Gasteiger partial charge in [0.25, 0.3) is 0 Å². The van der Waals surface area contributed by atoms with E-state index in [-0.39, 0.29) is 16.9 Å². The number of aromatic hydroxyl groups is 2. The topological polar surface area (TPSA) is 57.5 Å².